The van der Waals surface area contributed by atoms with Crippen LogP contribution in [0.5, 0.6) is 5.75 Å². The third kappa shape index (κ3) is 29.4. The number of nitrogens with two attached hydrogens (primary N) is 4. The van der Waals surface area contributed by atoms with Crippen molar-refractivity contribution in [1.82, 2.24) is 87.2 Å². The molecule has 3 aromatic carbocycles. The van der Waals surface area contributed by atoms with E-state index in [1.54, 1.807) is 82.4 Å². The second kappa shape index (κ2) is 50.4. The van der Waals surface area contributed by atoms with Gasteiger partial charge in [-0.2, -0.15) is 0 Å². The molecule has 15 atom stereocenters. The predicted molar refractivity (Wildman–Crippen MR) is 495 cm³/mol. The molecule has 8 rings (SSSR count). The lowest BCUT2D eigenvalue weighted by atomic mass is 9.99. The zero-order valence-electron chi connectivity index (χ0n) is 77.5. The van der Waals surface area contributed by atoms with Gasteiger partial charge in [0.05, 0.1) is 24.8 Å². The summed E-state index contributed by atoms with van der Waals surface area (Å²) in [5.41, 5.74) is 25.9. The molecule has 2 aromatic heterocycles. The molecule has 0 unspecified atom stereocenters. The number of thioether (sulfide) groups is 1. The van der Waals surface area contributed by atoms with E-state index in [9.17, 15) is 68.1 Å². The lowest BCUT2D eigenvalue weighted by Gasteiger charge is -2.36. The highest BCUT2D eigenvalue weighted by Gasteiger charge is 2.47. The van der Waals surface area contributed by atoms with Gasteiger partial charge in [0.2, 0.25) is 100 Å². The van der Waals surface area contributed by atoms with Crippen LogP contribution in [-0.2, 0) is 112 Å². The van der Waals surface area contributed by atoms with E-state index >= 15 is 33.6 Å². The van der Waals surface area contributed by atoms with Crippen molar-refractivity contribution < 1.29 is 102 Å². The zero-order chi connectivity index (χ0) is 98.6. The van der Waals surface area contributed by atoms with Crippen molar-refractivity contribution >= 4 is 140 Å². The summed E-state index contributed by atoms with van der Waals surface area (Å²) in [6.45, 7) is 9.26. The van der Waals surface area contributed by atoms with Gasteiger partial charge in [-0.05, 0) is 111 Å². The molecule has 3 saturated heterocycles. The van der Waals surface area contributed by atoms with Gasteiger partial charge in [-0.3, -0.25) is 86.3 Å². The number of H-pyrrole nitrogens is 1. The number of unbranched alkanes of at least 4 members (excludes halogenated alkanes) is 2. The number of carbonyl (C=O) groups is 18. The molecule has 0 aliphatic carbocycles. The van der Waals surface area contributed by atoms with Gasteiger partial charge in [0.25, 0.3) is 0 Å². The number of para-hydroxylation sites is 2. The topological polar surface area (TPSA) is 629 Å². The number of hydrogen-bond acceptors (Lipinski definition) is 23. The van der Waals surface area contributed by atoms with E-state index in [-0.39, 0.29) is 101 Å². The van der Waals surface area contributed by atoms with Crippen LogP contribution in [0.25, 0.3) is 21.8 Å². The molecular weight excluding hydrogens is 1760 g/mol. The summed E-state index contributed by atoms with van der Waals surface area (Å²) in [5, 5.41) is 59.4. The fourth-order valence-corrected chi connectivity index (χ4v) is 17.7. The lowest BCUT2D eigenvalue weighted by molar-refractivity contribution is -0.149. The normalized spacial score (nSPS) is 24.9. The first-order valence-electron chi connectivity index (χ1n) is 45.3. The van der Waals surface area contributed by atoms with Crippen molar-refractivity contribution in [3.05, 3.63) is 102 Å². The van der Waals surface area contributed by atoms with Gasteiger partial charge in [0.1, 0.15) is 96.9 Å². The van der Waals surface area contributed by atoms with Gasteiger partial charge in [-0.15, -0.1) is 11.8 Å². The Bertz CT molecular complexity index is 5050. The Morgan fingerprint density at radius 1 is 0.545 bits per heavy atom. The van der Waals surface area contributed by atoms with Crippen LogP contribution < -0.4 is 76.1 Å². The van der Waals surface area contributed by atoms with Gasteiger partial charge >= 0.3 is 5.97 Å². The van der Waals surface area contributed by atoms with E-state index in [2.05, 4.69) is 58.2 Å². The van der Waals surface area contributed by atoms with Gasteiger partial charge in [-0.1, -0.05) is 116 Å². The van der Waals surface area contributed by atoms with Crippen LogP contribution in [0.4, 0.5) is 0 Å². The highest BCUT2D eigenvalue weighted by atomic mass is 32.2. The van der Waals surface area contributed by atoms with E-state index in [1.165, 1.54) is 63.1 Å². The molecule has 0 radical (unpaired) electrons. The second-order valence-electron chi connectivity index (χ2n) is 35.3. The third-order valence-corrected chi connectivity index (χ3v) is 25.1. The van der Waals surface area contributed by atoms with Gasteiger partial charge in [-0.25, -0.2) is 0 Å². The number of benzene rings is 3. The smallest absolute Gasteiger partial charge is 0.323 e. The quantitative estimate of drug-likeness (QED) is 0.0278. The molecule has 3 fully saturated rings. The number of fused-ring (bicyclic) bond motifs is 4. The first-order chi connectivity index (χ1) is 63.6. The molecule has 3 aliphatic rings. The number of rotatable bonds is 26. The Hall–Kier alpha value is -12.8. The van der Waals surface area contributed by atoms with Crippen molar-refractivity contribution in [3.63, 3.8) is 0 Å². The molecule has 5 heterocycles. The van der Waals surface area contributed by atoms with E-state index in [0.29, 0.717) is 64.2 Å². The van der Waals surface area contributed by atoms with E-state index in [4.69, 9.17) is 22.9 Å². The summed E-state index contributed by atoms with van der Waals surface area (Å²) >= 11 is 0.785. The maximum absolute atomic E-state index is 16.0. The van der Waals surface area contributed by atoms with Gasteiger partial charge in [0.15, 0.2) is 0 Å². The molecule has 134 heavy (non-hydrogen) atoms. The number of aromatic nitrogens is 2. The summed E-state index contributed by atoms with van der Waals surface area (Å²) < 4.78 is 1.44. The molecule has 5 aromatic rings. The Morgan fingerprint density at radius 2 is 1.09 bits per heavy atom. The Labute approximate surface area is 781 Å². The standard InChI is InChI=1S/C91H131N21O21S/c1-11-13-23-70-84(126)100-61(34-49(3)4)81(123)106-68(79(121)97-43-75(95)116)47-134-48-76(117)98-64(36-52-27-29-55(113)30-28-52)87(129)107(8)51(7)78(120)102-66(40-74(94)115)89(131)111-33-19-26-71(111)85(127)105-67(41-93)83(125)103-63(35-50(5)6)90(132)112-45-56(114)39-73(112)86(128)101-62(37-53-42-96-59-22-17-15-20-57(53)59)82(124)99-60(31-32-92)80(122)104-65(88(130)109(10)72(24-14-12-2)91(133)108(70)9)38-54-44-110(46-77(118)119)69-25-18-16-21-58(54)69/h15-18,20-22,25,27-30,42,44,49-51,56,60-68,70-73,96,113-114H,11-14,19,23-24,26,31-41,43,45-48,92-93H2,1-10H3,(H2,94,115)(H2,95,116)(H,97,121)(H,98,117)(H,99,124)(H,100,126)(H,101,128)(H,102,120)(H,103,125)(H,104,122)(H,105,127)(H,106,123)(H,118,119)/t51-,56-,60-,61-,62-,63-,64-,65-,66-,67-,68-,70+,71-,72-,73-/m0/s1. The third-order valence-electron chi connectivity index (χ3n) is 24.1. The number of carboxylic acids is 1. The van der Waals surface area contributed by atoms with Crippen LogP contribution in [-0.4, -0.2) is 312 Å². The summed E-state index contributed by atoms with van der Waals surface area (Å²) in [4.78, 5) is 271. The van der Waals surface area contributed by atoms with Crippen molar-refractivity contribution in [2.45, 2.75) is 248 Å². The van der Waals surface area contributed by atoms with Crippen molar-refractivity contribution in [2.24, 2.45) is 34.8 Å². The first kappa shape index (κ1) is 107. The molecular formula is C91H131N21O21S. The number of phenols is 1. The van der Waals surface area contributed by atoms with Crippen molar-refractivity contribution in [1.29, 1.82) is 0 Å². The van der Waals surface area contributed by atoms with Gasteiger partial charge < -0.3 is 125 Å². The molecule has 43 heteroatoms. The number of primary amides is 2. The number of aromatic hydroxyl groups is 1. The molecule has 732 valence electrons. The Morgan fingerprint density at radius 3 is 1.73 bits per heavy atom. The summed E-state index contributed by atoms with van der Waals surface area (Å²) in [6.07, 6.45) is 0.961. The number of nitrogens with one attached hydrogen (secondary N) is 11. The maximum Gasteiger partial charge on any atom is 0.323 e. The highest BCUT2D eigenvalue weighted by Crippen LogP contribution is 2.29. The number of carbonyl (C=O) groups excluding carboxylic acids is 17. The SMILES string of the molecule is CCCC[C@@H]1C(=O)N[C@@H](CC(C)C)C(=O)N[C@H](C(=O)NCC(N)=O)CSCC(=O)N[C@@H](Cc2ccc(O)cc2)C(=O)N(C)[C@@H](C)C(=O)N[C@@H](CC(N)=O)C(=O)N2CCC[C@H]2C(=O)N[C@@H](CN)C(=O)N[C@@H](CC(C)C)C(=O)N2C[C@@H](O)C[C@H]2C(=O)N[C@@H](Cc2c[nH]c3ccccc23)C(=O)N[C@@H](CCN)C(=O)N[C@@H](Cc2cn(CC(=O)O)c3ccccc23)C(=O)N(C)[C@@H](CCCC)C(=O)N1C. The Balaban J connectivity index is 1.21. The number of amides is 17. The minimum absolute atomic E-state index is 0.00250. The molecule has 17 amide bonds. The first-order valence-corrected chi connectivity index (χ1v) is 46.5. The van der Waals surface area contributed by atoms with Crippen LogP contribution in [0.3, 0.4) is 0 Å². The largest absolute Gasteiger partial charge is 0.508 e. The average molecular weight is 1890 g/mol. The lowest BCUT2D eigenvalue weighted by Crippen LogP contribution is -2.62. The predicted octanol–water partition coefficient (Wildman–Crippen LogP) is -2.24. The fraction of sp³-hybridized carbons (Fsp3) is 0.560. The number of aromatic amines is 1. The molecule has 0 saturated carbocycles. The number of nitrogens with zero attached hydrogens (tertiary/aromatic N) is 6. The van der Waals surface area contributed by atoms with Crippen LogP contribution in [0.15, 0.2) is 85.2 Å². The van der Waals surface area contributed by atoms with Crippen molar-refractivity contribution in [2.75, 3.05) is 65.4 Å². The van der Waals surface area contributed by atoms with E-state index < -0.39 is 241 Å². The average Bonchev–Trinajstić information content (AvgIpc) is 1.64. The molecule has 3 aliphatic heterocycles. The minimum atomic E-state index is -1.77. The number of likely N-dealkylation sites (N-methyl/N-ethyl adjacent to an activating group) is 3. The number of carboxylic acid groups (broad SMARTS) is 1. The number of hydrogen-bond donors (Lipinski definition) is 18. The number of aliphatic carboxylic acids is 1. The summed E-state index contributed by atoms with van der Waals surface area (Å²) in [5.74, 6) is -18.8. The minimum Gasteiger partial charge on any atom is -0.508 e. The molecule has 42 nitrogen and oxygen atoms in total. The van der Waals surface area contributed by atoms with E-state index in [1.807, 2.05) is 13.8 Å². The molecule has 0 bridgehead atoms. The van der Waals surface area contributed by atoms with Crippen LogP contribution in [0.2, 0.25) is 0 Å². The molecule has 0 spiro atoms. The van der Waals surface area contributed by atoms with Crippen LogP contribution in [0, 0.1) is 11.8 Å². The van der Waals surface area contributed by atoms with E-state index in [0.717, 1.165) is 36.3 Å². The second-order valence-corrected chi connectivity index (χ2v) is 36.3. The fourth-order valence-electron chi connectivity index (χ4n) is 16.8. The van der Waals surface area contributed by atoms with Crippen LogP contribution in [0.1, 0.15) is 149 Å². The Kier molecular flexibility index (Phi) is 40.1. The number of aliphatic hydroxyl groups excluding tert-OH is 1. The molecule has 22 N–H and O–H groups in total. The zero-order valence-corrected chi connectivity index (χ0v) is 78.3. The summed E-state index contributed by atoms with van der Waals surface area (Å²) in [6, 6.07) is -2.14. The maximum atomic E-state index is 16.0. The summed E-state index contributed by atoms with van der Waals surface area (Å²) in [7, 11) is 3.91. The van der Waals surface area contributed by atoms with Crippen molar-refractivity contribution in [3.8, 4) is 5.75 Å². The highest BCUT2D eigenvalue weighted by molar-refractivity contribution is 8.00. The van der Waals surface area contributed by atoms with Crippen LogP contribution >= 0.6 is 11.8 Å². The monoisotopic (exact) mass is 1890 g/mol. The number of aliphatic hydroxyl groups is 1. The van der Waals surface area contributed by atoms with Gasteiger partial charge in [0, 0.05) is 106 Å². The number of phenolic OH excluding ortho intramolecular Hbond substituents is 1.